The molecule has 0 aliphatic rings. The number of benzene rings is 1. The fourth-order valence-corrected chi connectivity index (χ4v) is 2.87. The average Bonchev–Trinajstić information content (AvgIpc) is 2.52. The van der Waals surface area contributed by atoms with Gasteiger partial charge in [0.15, 0.2) is 0 Å². The first kappa shape index (κ1) is 18.1. The van der Waals surface area contributed by atoms with Crippen molar-refractivity contribution >= 4 is 21.7 Å². The summed E-state index contributed by atoms with van der Waals surface area (Å²) >= 11 is 0. The van der Waals surface area contributed by atoms with Crippen molar-refractivity contribution in [2.24, 2.45) is 0 Å². The van der Waals surface area contributed by atoms with Gasteiger partial charge in [0.2, 0.25) is 10.0 Å². The third-order valence-corrected chi connectivity index (χ3v) is 4.66. The van der Waals surface area contributed by atoms with Gasteiger partial charge in [-0.05, 0) is 26.0 Å². The predicted molar refractivity (Wildman–Crippen MR) is 83.0 cm³/mol. The summed E-state index contributed by atoms with van der Waals surface area (Å²) in [6.45, 7) is 2.93. The second kappa shape index (κ2) is 7.88. The molecule has 124 valence electrons. The molecule has 0 heterocycles. The molecule has 7 nitrogen and oxygen atoms in total. The Balaban J connectivity index is 3.30. The minimum absolute atomic E-state index is 0.151. The SMILES string of the molecule is CCOC(=O)CN(c1ccc(OC)cc1OC)S(=O)(=O)CC. The molecular weight excluding hydrogens is 310 g/mol. The molecule has 0 saturated heterocycles. The maximum atomic E-state index is 12.3. The molecule has 8 heteroatoms. The average molecular weight is 331 g/mol. The van der Waals surface area contributed by atoms with Crippen LogP contribution in [0.25, 0.3) is 0 Å². The highest BCUT2D eigenvalue weighted by Gasteiger charge is 2.27. The van der Waals surface area contributed by atoms with Crippen LogP contribution in [-0.4, -0.2) is 47.5 Å². The lowest BCUT2D eigenvalue weighted by molar-refractivity contribution is -0.141. The molecule has 0 N–H and O–H groups in total. The zero-order valence-corrected chi connectivity index (χ0v) is 14.0. The van der Waals surface area contributed by atoms with Gasteiger partial charge < -0.3 is 14.2 Å². The lowest BCUT2D eigenvalue weighted by Crippen LogP contribution is -2.37. The number of hydrogen-bond donors (Lipinski definition) is 0. The van der Waals surface area contributed by atoms with E-state index < -0.39 is 22.5 Å². The van der Waals surface area contributed by atoms with E-state index >= 15 is 0 Å². The van der Waals surface area contributed by atoms with Gasteiger partial charge >= 0.3 is 5.97 Å². The second-order valence-electron chi connectivity index (χ2n) is 4.25. The second-order valence-corrected chi connectivity index (χ2v) is 6.43. The minimum atomic E-state index is -3.67. The molecule has 0 aromatic heterocycles. The molecule has 22 heavy (non-hydrogen) atoms. The van der Waals surface area contributed by atoms with Gasteiger partial charge in [-0.25, -0.2) is 8.42 Å². The standard InChI is InChI=1S/C14H21NO6S/c1-5-21-14(16)10-15(22(17,18)6-2)12-8-7-11(19-3)9-13(12)20-4/h7-9H,5-6,10H2,1-4H3. The molecular formula is C14H21NO6S. The normalized spacial score (nSPS) is 10.9. The van der Waals surface area contributed by atoms with Gasteiger partial charge in [0.25, 0.3) is 0 Å². The number of anilines is 1. The first-order chi connectivity index (χ1) is 10.4. The summed E-state index contributed by atoms with van der Waals surface area (Å²) in [6, 6.07) is 4.68. The molecule has 1 aromatic carbocycles. The zero-order valence-electron chi connectivity index (χ0n) is 13.2. The van der Waals surface area contributed by atoms with Crippen molar-refractivity contribution in [3.63, 3.8) is 0 Å². The van der Waals surface area contributed by atoms with Gasteiger partial charge in [0, 0.05) is 6.07 Å². The van der Waals surface area contributed by atoms with Gasteiger partial charge in [0.1, 0.15) is 18.0 Å². The Morgan fingerprint density at radius 2 is 1.86 bits per heavy atom. The molecule has 0 fully saturated rings. The molecule has 0 radical (unpaired) electrons. The Morgan fingerprint density at radius 1 is 1.18 bits per heavy atom. The highest BCUT2D eigenvalue weighted by molar-refractivity contribution is 7.92. The quantitative estimate of drug-likeness (QED) is 0.670. The minimum Gasteiger partial charge on any atom is -0.497 e. The number of nitrogens with zero attached hydrogens (tertiary/aromatic N) is 1. The summed E-state index contributed by atoms with van der Waals surface area (Å²) in [6.07, 6.45) is 0. The summed E-state index contributed by atoms with van der Waals surface area (Å²) in [5.41, 5.74) is 0.262. The fraction of sp³-hybridized carbons (Fsp3) is 0.500. The van der Waals surface area contributed by atoms with Gasteiger partial charge in [0.05, 0.1) is 32.3 Å². The van der Waals surface area contributed by atoms with E-state index in [4.69, 9.17) is 14.2 Å². The monoisotopic (exact) mass is 331 g/mol. The van der Waals surface area contributed by atoms with Crippen molar-refractivity contribution in [1.82, 2.24) is 0 Å². The van der Waals surface area contributed by atoms with Crippen molar-refractivity contribution in [2.45, 2.75) is 13.8 Å². The summed E-state index contributed by atoms with van der Waals surface area (Å²) in [4.78, 5) is 11.7. The van der Waals surface area contributed by atoms with E-state index in [1.807, 2.05) is 0 Å². The van der Waals surface area contributed by atoms with Crippen LogP contribution in [0.15, 0.2) is 18.2 Å². The summed E-state index contributed by atoms with van der Waals surface area (Å²) in [5, 5.41) is 0. The van der Waals surface area contributed by atoms with E-state index in [2.05, 4.69) is 0 Å². The molecule has 1 rings (SSSR count). The third-order valence-electron chi connectivity index (χ3n) is 2.93. The largest absolute Gasteiger partial charge is 0.497 e. The number of ether oxygens (including phenoxy) is 3. The Kier molecular flexibility index (Phi) is 6.48. The number of rotatable bonds is 8. The highest BCUT2D eigenvalue weighted by Crippen LogP contribution is 2.33. The van der Waals surface area contributed by atoms with Crippen LogP contribution in [0.5, 0.6) is 11.5 Å². The van der Waals surface area contributed by atoms with Crippen LogP contribution in [0.3, 0.4) is 0 Å². The molecule has 0 aliphatic heterocycles. The summed E-state index contributed by atoms with van der Waals surface area (Å²) in [7, 11) is -0.757. The molecule has 1 aromatic rings. The van der Waals surface area contributed by atoms with Crippen LogP contribution < -0.4 is 13.8 Å². The van der Waals surface area contributed by atoms with Gasteiger partial charge in [-0.3, -0.25) is 9.10 Å². The first-order valence-electron chi connectivity index (χ1n) is 6.77. The van der Waals surface area contributed by atoms with Crippen LogP contribution in [0.2, 0.25) is 0 Å². The molecule has 0 aliphatic carbocycles. The number of methoxy groups -OCH3 is 2. The van der Waals surface area contributed by atoms with E-state index in [0.29, 0.717) is 11.5 Å². The third kappa shape index (κ3) is 4.27. The van der Waals surface area contributed by atoms with Crippen LogP contribution in [0.4, 0.5) is 5.69 Å². The van der Waals surface area contributed by atoms with E-state index in [0.717, 1.165) is 4.31 Å². The van der Waals surface area contributed by atoms with Crippen molar-refractivity contribution in [1.29, 1.82) is 0 Å². The van der Waals surface area contributed by atoms with Crippen molar-refractivity contribution in [3.05, 3.63) is 18.2 Å². The van der Waals surface area contributed by atoms with E-state index in [1.54, 1.807) is 19.1 Å². The molecule has 0 atom stereocenters. The van der Waals surface area contributed by atoms with Crippen LogP contribution >= 0.6 is 0 Å². The van der Waals surface area contributed by atoms with Crippen molar-refractivity contribution in [2.75, 3.05) is 37.4 Å². The number of sulfonamides is 1. The molecule has 0 saturated carbocycles. The number of esters is 1. The first-order valence-corrected chi connectivity index (χ1v) is 8.38. The number of carbonyl (C=O) groups excluding carboxylic acids is 1. The van der Waals surface area contributed by atoms with Crippen LogP contribution in [0.1, 0.15) is 13.8 Å². The zero-order chi connectivity index (χ0) is 16.8. The fourth-order valence-electron chi connectivity index (χ4n) is 1.80. The smallest absolute Gasteiger partial charge is 0.326 e. The lowest BCUT2D eigenvalue weighted by atomic mass is 10.2. The van der Waals surface area contributed by atoms with Crippen LogP contribution in [0, 0.1) is 0 Å². The van der Waals surface area contributed by atoms with E-state index in [1.165, 1.54) is 27.2 Å². The van der Waals surface area contributed by atoms with E-state index in [9.17, 15) is 13.2 Å². The van der Waals surface area contributed by atoms with Crippen molar-refractivity contribution in [3.8, 4) is 11.5 Å². The van der Waals surface area contributed by atoms with Crippen LogP contribution in [-0.2, 0) is 19.6 Å². The van der Waals surface area contributed by atoms with Gasteiger partial charge in [-0.1, -0.05) is 0 Å². The highest BCUT2D eigenvalue weighted by atomic mass is 32.2. The van der Waals surface area contributed by atoms with Crippen molar-refractivity contribution < 1.29 is 27.4 Å². The Morgan fingerprint density at radius 3 is 2.36 bits per heavy atom. The summed E-state index contributed by atoms with van der Waals surface area (Å²) < 4.78 is 40.7. The maximum absolute atomic E-state index is 12.3. The van der Waals surface area contributed by atoms with E-state index in [-0.39, 0.29) is 18.0 Å². The topological polar surface area (TPSA) is 82.1 Å². The maximum Gasteiger partial charge on any atom is 0.326 e. The molecule has 0 amide bonds. The Labute approximate surface area is 130 Å². The number of hydrogen-bond acceptors (Lipinski definition) is 6. The van der Waals surface area contributed by atoms with Gasteiger partial charge in [-0.2, -0.15) is 0 Å². The van der Waals surface area contributed by atoms with Gasteiger partial charge in [-0.15, -0.1) is 0 Å². The Bertz CT molecular complexity index is 614. The molecule has 0 unspecified atom stereocenters. The lowest BCUT2D eigenvalue weighted by Gasteiger charge is -2.24. The molecule has 0 bridgehead atoms. The summed E-state index contributed by atoms with van der Waals surface area (Å²) in [5.74, 6) is 0.0327. The predicted octanol–water partition coefficient (Wildman–Crippen LogP) is 1.42. The number of carbonyl (C=O) groups is 1. The Hall–Kier alpha value is -1.96. The molecule has 0 spiro atoms.